The molecule has 2 aromatic heterocycles. The number of aliphatic hydroxyl groups excluding tert-OH is 1. The minimum Gasteiger partial charge on any atom is -0.507 e. The number of carbonyl (C=O) groups excluding carboxylic acids is 2. The van der Waals surface area contributed by atoms with Gasteiger partial charge in [0, 0.05) is 10.6 Å². The Labute approximate surface area is 159 Å². The van der Waals surface area contributed by atoms with Crippen molar-refractivity contribution < 1.29 is 23.5 Å². The molecule has 6 nitrogen and oxygen atoms in total. The number of amides is 1. The number of rotatable bonds is 4. The fraction of sp³-hybridized carbons (Fsp3) is 0.100. The lowest BCUT2D eigenvalue weighted by Crippen LogP contribution is -2.28. The molecule has 1 atom stereocenters. The van der Waals surface area contributed by atoms with E-state index >= 15 is 0 Å². The molecule has 3 aromatic rings. The van der Waals surface area contributed by atoms with Crippen LogP contribution in [-0.4, -0.2) is 21.7 Å². The summed E-state index contributed by atoms with van der Waals surface area (Å²) in [4.78, 5) is 26.7. The first-order valence-electron chi connectivity index (χ1n) is 8.16. The van der Waals surface area contributed by atoms with Crippen LogP contribution in [0, 0.1) is 0 Å². The van der Waals surface area contributed by atoms with Crippen molar-refractivity contribution in [1.29, 1.82) is 0 Å². The van der Waals surface area contributed by atoms with Gasteiger partial charge in [-0.2, -0.15) is 0 Å². The first kappa shape index (κ1) is 17.2. The summed E-state index contributed by atoms with van der Waals surface area (Å²) in [6.07, 6.45) is 2.93. The highest BCUT2D eigenvalue weighted by Crippen LogP contribution is 2.40. The van der Waals surface area contributed by atoms with E-state index < -0.39 is 17.7 Å². The quantitative estimate of drug-likeness (QED) is 0.415. The van der Waals surface area contributed by atoms with Crippen molar-refractivity contribution in [1.82, 2.24) is 4.90 Å². The number of halogens is 1. The average molecular weight is 384 g/mol. The Morgan fingerprint density at radius 3 is 2.52 bits per heavy atom. The third-order valence-corrected chi connectivity index (χ3v) is 4.59. The molecule has 1 aliphatic heterocycles. The summed E-state index contributed by atoms with van der Waals surface area (Å²) in [5.41, 5.74) is 0.291. The zero-order valence-electron chi connectivity index (χ0n) is 14.0. The van der Waals surface area contributed by atoms with Crippen LogP contribution in [0.4, 0.5) is 0 Å². The standard InChI is InChI=1S/C20H14ClNO5/c21-13-5-1-4-12(10-13)18(23)16-17(15-7-3-9-27-15)22(20(25)19(16)24)11-14-6-2-8-26-14/h1-10,17,23H,11H2/b18-16-. The Morgan fingerprint density at radius 1 is 1.07 bits per heavy atom. The number of nitrogens with zero attached hydrogens (tertiary/aromatic N) is 1. The number of likely N-dealkylation sites (tertiary alicyclic amines) is 1. The molecule has 27 heavy (non-hydrogen) atoms. The van der Waals surface area contributed by atoms with Gasteiger partial charge in [0.25, 0.3) is 11.7 Å². The highest BCUT2D eigenvalue weighted by molar-refractivity contribution is 6.46. The van der Waals surface area contributed by atoms with Gasteiger partial charge in [0.05, 0.1) is 24.6 Å². The largest absolute Gasteiger partial charge is 0.507 e. The smallest absolute Gasteiger partial charge is 0.296 e. The van der Waals surface area contributed by atoms with E-state index in [0.29, 0.717) is 22.1 Å². The topological polar surface area (TPSA) is 83.9 Å². The zero-order valence-corrected chi connectivity index (χ0v) is 14.7. The predicted octanol–water partition coefficient (Wildman–Crippen LogP) is 4.15. The van der Waals surface area contributed by atoms with E-state index in [9.17, 15) is 14.7 Å². The molecule has 4 rings (SSSR count). The first-order chi connectivity index (χ1) is 13.1. The number of benzene rings is 1. The molecule has 1 N–H and O–H groups in total. The van der Waals surface area contributed by atoms with Crippen molar-refractivity contribution >= 4 is 29.1 Å². The molecular formula is C20H14ClNO5. The maximum atomic E-state index is 12.7. The molecule has 1 fully saturated rings. The molecular weight excluding hydrogens is 370 g/mol. The minimum atomic E-state index is -0.871. The first-order valence-corrected chi connectivity index (χ1v) is 8.54. The number of hydrogen-bond donors (Lipinski definition) is 1. The molecule has 0 saturated carbocycles. The van der Waals surface area contributed by atoms with Gasteiger partial charge in [-0.1, -0.05) is 23.7 Å². The van der Waals surface area contributed by atoms with E-state index in [0.717, 1.165) is 0 Å². The van der Waals surface area contributed by atoms with Crippen molar-refractivity contribution in [3.63, 3.8) is 0 Å². The number of hydrogen-bond acceptors (Lipinski definition) is 5. The highest BCUT2D eigenvalue weighted by Gasteiger charge is 2.47. The molecule has 1 aromatic carbocycles. The Morgan fingerprint density at radius 2 is 1.85 bits per heavy atom. The van der Waals surface area contributed by atoms with Crippen molar-refractivity contribution in [3.05, 3.63) is 88.7 Å². The monoisotopic (exact) mass is 383 g/mol. The lowest BCUT2D eigenvalue weighted by Gasteiger charge is -2.22. The SMILES string of the molecule is O=C1C(=O)N(Cc2ccco2)C(c2ccco2)/C1=C(/O)c1cccc(Cl)c1. The van der Waals surface area contributed by atoms with E-state index in [-0.39, 0.29) is 17.9 Å². The number of ketones is 1. The van der Waals surface area contributed by atoms with Crippen molar-refractivity contribution in [2.45, 2.75) is 12.6 Å². The van der Waals surface area contributed by atoms with Crippen LogP contribution in [-0.2, 0) is 16.1 Å². The van der Waals surface area contributed by atoms with Crippen LogP contribution in [0.5, 0.6) is 0 Å². The summed E-state index contributed by atoms with van der Waals surface area (Å²) in [5, 5.41) is 11.2. The molecule has 0 aliphatic carbocycles. The molecule has 0 spiro atoms. The maximum Gasteiger partial charge on any atom is 0.296 e. The number of Topliss-reactive ketones (excluding diaryl/α,β-unsaturated/α-hetero) is 1. The lowest BCUT2D eigenvalue weighted by molar-refractivity contribution is -0.140. The molecule has 0 bridgehead atoms. The Hall–Kier alpha value is -3.25. The summed E-state index contributed by atoms with van der Waals surface area (Å²) < 4.78 is 10.8. The molecule has 0 radical (unpaired) electrons. The van der Waals surface area contributed by atoms with Gasteiger partial charge in [0.1, 0.15) is 23.3 Å². The molecule has 1 amide bonds. The van der Waals surface area contributed by atoms with Gasteiger partial charge >= 0.3 is 0 Å². The van der Waals surface area contributed by atoms with E-state index in [4.69, 9.17) is 20.4 Å². The molecule has 1 unspecified atom stereocenters. The molecule has 3 heterocycles. The second kappa shape index (κ2) is 6.81. The summed E-state index contributed by atoms with van der Waals surface area (Å²) in [6.45, 7) is 0.0647. The Bertz CT molecular complexity index is 1020. The zero-order chi connectivity index (χ0) is 19.0. The Balaban J connectivity index is 1.85. The van der Waals surface area contributed by atoms with Crippen LogP contribution >= 0.6 is 11.6 Å². The van der Waals surface area contributed by atoms with Gasteiger partial charge in [-0.05, 0) is 36.4 Å². The normalized spacial score (nSPS) is 19.0. The van der Waals surface area contributed by atoms with Crippen molar-refractivity contribution in [3.8, 4) is 0 Å². The fourth-order valence-corrected chi connectivity index (χ4v) is 3.34. The predicted molar refractivity (Wildman–Crippen MR) is 96.7 cm³/mol. The second-order valence-electron chi connectivity index (χ2n) is 6.03. The van der Waals surface area contributed by atoms with Crippen molar-refractivity contribution in [2.24, 2.45) is 0 Å². The van der Waals surface area contributed by atoms with Gasteiger partial charge in [-0.15, -0.1) is 0 Å². The van der Waals surface area contributed by atoms with Crippen LogP contribution in [0.15, 0.2) is 75.5 Å². The maximum absolute atomic E-state index is 12.7. The van der Waals surface area contributed by atoms with Crippen LogP contribution in [0.2, 0.25) is 5.02 Å². The van der Waals surface area contributed by atoms with Crippen LogP contribution in [0.25, 0.3) is 5.76 Å². The van der Waals surface area contributed by atoms with Crippen LogP contribution in [0.1, 0.15) is 23.1 Å². The number of furan rings is 2. The van der Waals surface area contributed by atoms with E-state index in [1.54, 1.807) is 42.5 Å². The molecule has 136 valence electrons. The van der Waals surface area contributed by atoms with E-state index in [1.165, 1.54) is 23.5 Å². The summed E-state index contributed by atoms with van der Waals surface area (Å²) in [7, 11) is 0. The summed E-state index contributed by atoms with van der Waals surface area (Å²) in [6, 6.07) is 12.3. The minimum absolute atomic E-state index is 0.0521. The number of carbonyl (C=O) groups is 2. The molecule has 1 saturated heterocycles. The van der Waals surface area contributed by atoms with Gasteiger partial charge in [0.15, 0.2) is 0 Å². The second-order valence-corrected chi connectivity index (χ2v) is 6.47. The summed E-state index contributed by atoms with van der Waals surface area (Å²) in [5.74, 6) is -0.962. The molecule has 7 heteroatoms. The molecule has 1 aliphatic rings. The van der Waals surface area contributed by atoms with Gasteiger partial charge in [-0.3, -0.25) is 9.59 Å². The van der Waals surface area contributed by atoms with Gasteiger partial charge in [-0.25, -0.2) is 0 Å². The average Bonchev–Trinajstić information content (AvgIpc) is 3.40. The van der Waals surface area contributed by atoms with Crippen LogP contribution < -0.4 is 0 Å². The van der Waals surface area contributed by atoms with E-state index in [2.05, 4.69) is 0 Å². The number of aliphatic hydroxyl groups is 1. The summed E-state index contributed by atoms with van der Waals surface area (Å²) >= 11 is 5.99. The Kier molecular flexibility index (Phi) is 4.33. The van der Waals surface area contributed by atoms with Crippen molar-refractivity contribution in [2.75, 3.05) is 0 Å². The van der Waals surface area contributed by atoms with Gasteiger partial charge in [0.2, 0.25) is 0 Å². The lowest BCUT2D eigenvalue weighted by atomic mass is 9.99. The van der Waals surface area contributed by atoms with E-state index in [1.807, 2.05) is 0 Å². The highest BCUT2D eigenvalue weighted by atomic mass is 35.5. The van der Waals surface area contributed by atoms with Gasteiger partial charge < -0.3 is 18.8 Å². The third kappa shape index (κ3) is 3.04. The fourth-order valence-electron chi connectivity index (χ4n) is 3.15. The van der Waals surface area contributed by atoms with Crippen LogP contribution in [0.3, 0.4) is 0 Å². The third-order valence-electron chi connectivity index (χ3n) is 4.36.